The van der Waals surface area contributed by atoms with E-state index in [1.165, 1.54) is 11.8 Å². The highest BCUT2D eigenvalue weighted by atomic mass is 32.2. The summed E-state index contributed by atoms with van der Waals surface area (Å²) in [5.74, 6) is 0.558. The molecule has 1 atom stereocenters. The zero-order chi connectivity index (χ0) is 16.1. The molecule has 0 aliphatic rings. The van der Waals surface area contributed by atoms with Crippen molar-refractivity contribution >= 4 is 23.6 Å². The third kappa shape index (κ3) is 3.77. The summed E-state index contributed by atoms with van der Waals surface area (Å²) >= 11 is 1.21. The van der Waals surface area contributed by atoms with Gasteiger partial charge in [-0.25, -0.2) is 19.9 Å². The number of amides is 1. The zero-order valence-electron chi connectivity index (χ0n) is 12.4. The number of thioether (sulfide) groups is 1. The van der Waals surface area contributed by atoms with Crippen LogP contribution in [0.25, 0.3) is 0 Å². The number of rotatable bonds is 4. The first kappa shape index (κ1) is 15.9. The predicted octanol–water partition coefficient (Wildman–Crippen LogP) is 1.87. The molecule has 0 spiro atoms. The Kier molecular flexibility index (Phi) is 5.01. The van der Waals surface area contributed by atoms with Crippen molar-refractivity contribution in [2.75, 3.05) is 5.32 Å². The summed E-state index contributed by atoms with van der Waals surface area (Å²) in [6.07, 6.45) is 3.09. The van der Waals surface area contributed by atoms with E-state index in [4.69, 9.17) is 0 Å². The number of nitrogens with zero attached hydrogens (tertiary/aromatic N) is 5. The van der Waals surface area contributed by atoms with Crippen LogP contribution in [0.15, 0.2) is 23.5 Å². The summed E-state index contributed by atoms with van der Waals surface area (Å²) < 4.78 is 0. The lowest BCUT2D eigenvalue weighted by Gasteiger charge is -2.12. The predicted molar refractivity (Wildman–Crippen MR) is 82.2 cm³/mol. The van der Waals surface area contributed by atoms with Crippen molar-refractivity contribution < 1.29 is 4.79 Å². The number of hydrogen-bond donors (Lipinski definition) is 1. The summed E-state index contributed by atoms with van der Waals surface area (Å²) in [5.41, 5.74) is 1.00. The Balaban J connectivity index is 2.14. The second-order valence-corrected chi connectivity index (χ2v) is 5.80. The van der Waals surface area contributed by atoms with Crippen molar-refractivity contribution in [3.63, 3.8) is 0 Å². The molecule has 0 aromatic carbocycles. The van der Waals surface area contributed by atoms with Gasteiger partial charge in [0.25, 0.3) is 0 Å². The highest BCUT2D eigenvalue weighted by molar-refractivity contribution is 8.00. The van der Waals surface area contributed by atoms with E-state index in [0.717, 1.165) is 0 Å². The van der Waals surface area contributed by atoms with Crippen molar-refractivity contribution in [3.05, 3.63) is 35.5 Å². The summed E-state index contributed by atoms with van der Waals surface area (Å²) in [7, 11) is 0. The van der Waals surface area contributed by atoms with Gasteiger partial charge in [-0.1, -0.05) is 11.8 Å². The molecule has 2 rings (SSSR count). The minimum Gasteiger partial charge on any atom is -0.294 e. The average molecular weight is 314 g/mol. The van der Waals surface area contributed by atoms with Gasteiger partial charge in [0.05, 0.1) is 10.9 Å². The Labute approximate surface area is 132 Å². The van der Waals surface area contributed by atoms with Gasteiger partial charge in [-0.3, -0.25) is 10.1 Å². The molecule has 1 amide bonds. The number of nitrogens with one attached hydrogen (secondary N) is 1. The SMILES string of the molecule is Cc1nc(C)c(C#N)c(SC(C)C(=O)Nc2ncccn2)n1. The fourth-order valence-electron chi connectivity index (χ4n) is 1.69. The summed E-state index contributed by atoms with van der Waals surface area (Å²) in [5, 5.41) is 11.9. The van der Waals surface area contributed by atoms with Gasteiger partial charge in [-0.15, -0.1) is 0 Å². The lowest BCUT2D eigenvalue weighted by Crippen LogP contribution is -2.24. The fourth-order valence-corrected chi connectivity index (χ4v) is 2.69. The number of carbonyl (C=O) groups is 1. The number of anilines is 1. The fraction of sp³-hybridized carbons (Fsp3) is 0.286. The van der Waals surface area contributed by atoms with Crippen LogP contribution < -0.4 is 5.32 Å². The Morgan fingerprint density at radius 2 is 2.00 bits per heavy atom. The van der Waals surface area contributed by atoms with Gasteiger partial charge in [-0.2, -0.15) is 5.26 Å². The zero-order valence-corrected chi connectivity index (χ0v) is 13.2. The van der Waals surface area contributed by atoms with E-state index in [-0.39, 0.29) is 11.9 Å². The Hall–Kier alpha value is -2.53. The molecule has 0 saturated heterocycles. The molecule has 8 heteroatoms. The molecule has 2 heterocycles. The first-order valence-corrected chi connectivity index (χ1v) is 7.39. The molecular formula is C14H14N6OS. The van der Waals surface area contributed by atoms with Crippen molar-refractivity contribution in [1.82, 2.24) is 19.9 Å². The summed E-state index contributed by atoms with van der Waals surface area (Å²) in [4.78, 5) is 28.4. The molecule has 0 aliphatic carbocycles. The quantitative estimate of drug-likeness (QED) is 0.678. The van der Waals surface area contributed by atoms with Crippen molar-refractivity contribution in [3.8, 4) is 6.07 Å². The molecule has 0 saturated carbocycles. The maximum Gasteiger partial charge on any atom is 0.239 e. The topological polar surface area (TPSA) is 104 Å². The van der Waals surface area contributed by atoms with Crippen molar-refractivity contribution in [2.24, 2.45) is 0 Å². The Bertz CT molecular complexity index is 728. The van der Waals surface area contributed by atoms with E-state index in [9.17, 15) is 10.1 Å². The van der Waals surface area contributed by atoms with E-state index in [1.54, 1.807) is 39.2 Å². The van der Waals surface area contributed by atoms with Crippen LogP contribution in [-0.4, -0.2) is 31.1 Å². The van der Waals surface area contributed by atoms with Gasteiger partial charge in [0.2, 0.25) is 11.9 Å². The molecule has 112 valence electrons. The minimum absolute atomic E-state index is 0.246. The normalized spacial score (nSPS) is 11.5. The highest BCUT2D eigenvalue weighted by Gasteiger charge is 2.19. The number of hydrogen-bond acceptors (Lipinski definition) is 7. The number of carbonyl (C=O) groups excluding carboxylic acids is 1. The molecule has 0 aliphatic heterocycles. The first-order chi connectivity index (χ1) is 10.5. The van der Waals surface area contributed by atoms with Crippen LogP contribution in [0.3, 0.4) is 0 Å². The molecule has 0 fully saturated rings. The molecule has 7 nitrogen and oxygen atoms in total. The molecule has 22 heavy (non-hydrogen) atoms. The van der Waals surface area contributed by atoms with E-state index in [0.29, 0.717) is 22.1 Å². The smallest absolute Gasteiger partial charge is 0.239 e. The molecule has 1 unspecified atom stereocenters. The van der Waals surface area contributed by atoms with Crippen LogP contribution in [0.4, 0.5) is 5.95 Å². The van der Waals surface area contributed by atoms with Gasteiger partial charge in [-0.05, 0) is 26.8 Å². The number of aryl methyl sites for hydroxylation is 2. The van der Waals surface area contributed by atoms with Gasteiger partial charge in [0.1, 0.15) is 22.5 Å². The van der Waals surface area contributed by atoms with Crippen LogP contribution in [0.5, 0.6) is 0 Å². The number of aromatic nitrogens is 4. The summed E-state index contributed by atoms with van der Waals surface area (Å²) in [6.45, 7) is 5.23. The van der Waals surface area contributed by atoms with Crippen LogP contribution in [0.2, 0.25) is 0 Å². The van der Waals surface area contributed by atoms with Gasteiger partial charge in [0, 0.05) is 12.4 Å². The molecular weight excluding hydrogens is 300 g/mol. The highest BCUT2D eigenvalue weighted by Crippen LogP contribution is 2.26. The molecule has 2 aromatic heterocycles. The van der Waals surface area contributed by atoms with Crippen molar-refractivity contribution in [1.29, 1.82) is 5.26 Å². The second kappa shape index (κ2) is 6.95. The summed E-state index contributed by atoms with van der Waals surface area (Å²) in [6, 6.07) is 3.75. The molecule has 1 N–H and O–H groups in total. The van der Waals surface area contributed by atoms with Crippen LogP contribution in [-0.2, 0) is 4.79 Å². The van der Waals surface area contributed by atoms with Crippen molar-refractivity contribution in [2.45, 2.75) is 31.0 Å². The van der Waals surface area contributed by atoms with E-state index in [1.807, 2.05) is 0 Å². The molecule has 0 radical (unpaired) electrons. The van der Waals surface area contributed by atoms with Gasteiger partial charge < -0.3 is 0 Å². The third-order valence-electron chi connectivity index (χ3n) is 2.74. The Morgan fingerprint density at radius 3 is 2.64 bits per heavy atom. The lowest BCUT2D eigenvalue weighted by atomic mass is 10.3. The standard InChI is InChI=1S/C14H14N6OS/c1-8-11(7-15)13(19-10(3)18-8)22-9(2)12(21)20-14-16-5-4-6-17-14/h4-6,9H,1-3H3,(H,16,17,20,21). The van der Waals surface area contributed by atoms with E-state index < -0.39 is 5.25 Å². The lowest BCUT2D eigenvalue weighted by molar-refractivity contribution is -0.115. The maximum absolute atomic E-state index is 12.1. The van der Waals surface area contributed by atoms with E-state index >= 15 is 0 Å². The first-order valence-electron chi connectivity index (χ1n) is 6.51. The van der Waals surface area contributed by atoms with Crippen LogP contribution in [0, 0.1) is 25.2 Å². The maximum atomic E-state index is 12.1. The van der Waals surface area contributed by atoms with Gasteiger partial charge in [0.15, 0.2) is 0 Å². The van der Waals surface area contributed by atoms with E-state index in [2.05, 4.69) is 31.3 Å². The number of nitriles is 1. The average Bonchev–Trinajstić information content (AvgIpc) is 2.47. The monoisotopic (exact) mass is 314 g/mol. The second-order valence-electron chi connectivity index (χ2n) is 4.47. The minimum atomic E-state index is -0.454. The molecule has 0 bridgehead atoms. The van der Waals surface area contributed by atoms with Crippen LogP contribution >= 0.6 is 11.8 Å². The largest absolute Gasteiger partial charge is 0.294 e. The third-order valence-corrected chi connectivity index (χ3v) is 3.83. The van der Waals surface area contributed by atoms with Crippen LogP contribution in [0.1, 0.15) is 24.0 Å². The molecule has 2 aromatic rings. The Morgan fingerprint density at radius 1 is 1.32 bits per heavy atom. The van der Waals surface area contributed by atoms with Gasteiger partial charge >= 0.3 is 0 Å².